The molecule has 0 spiro atoms. The van der Waals surface area contributed by atoms with Crippen molar-refractivity contribution in [2.45, 2.75) is 89.2 Å². The van der Waals surface area contributed by atoms with Crippen LogP contribution in [0, 0.1) is 10.1 Å². The summed E-state index contributed by atoms with van der Waals surface area (Å²) >= 11 is 0. The highest BCUT2D eigenvalue weighted by atomic mass is 16.6. The summed E-state index contributed by atoms with van der Waals surface area (Å²) in [6.07, 6.45) is 7.54. The van der Waals surface area contributed by atoms with E-state index in [4.69, 9.17) is 0 Å². The number of ketones is 1. The second-order valence-corrected chi connectivity index (χ2v) is 6.09. The minimum Gasteiger partial charge on any atom is -0.393 e. The molecule has 0 aromatic rings. The second kappa shape index (κ2) is 8.35. The van der Waals surface area contributed by atoms with E-state index in [1.807, 2.05) is 0 Å². The zero-order valence-corrected chi connectivity index (χ0v) is 12.5. The van der Waals surface area contributed by atoms with Gasteiger partial charge in [0.1, 0.15) is 0 Å². The van der Waals surface area contributed by atoms with E-state index in [-0.39, 0.29) is 25.0 Å². The number of aliphatic hydroxyl groups is 1. The summed E-state index contributed by atoms with van der Waals surface area (Å²) in [5, 5.41) is 21.1. The molecule has 0 heterocycles. The van der Waals surface area contributed by atoms with Crippen LogP contribution < -0.4 is 0 Å². The van der Waals surface area contributed by atoms with Gasteiger partial charge in [0.15, 0.2) is 0 Å². The Bertz CT molecular complexity index is 330. The van der Waals surface area contributed by atoms with Gasteiger partial charge in [0, 0.05) is 17.8 Å². The molecule has 0 aromatic heterocycles. The van der Waals surface area contributed by atoms with Crippen LogP contribution in [0.2, 0.25) is 0 Å². The van der Waals surface area contributed by atoms with E-state index < -0.39 is 16.6 Å². The predicted molar refractivity (Wildman–Crippen MR) is 77.2 cm³/mol. The van der Waals surface area contributed by atoms with Crippen molar-refractivity contribution in [2.24, 2.45) is 0 Å². The maximum atomic E-state index is 12.4. The Morgan fingerprint density at radius 1 is 1.15 bits per heavy atom. The molecule has 0 aliphatic heterocycles. The van der Waals surface area contributed by atoms with Gasteiger partial charge in [0.2, 0.25) is 5.78 Å². The fraction of sp³-hybridized carbons (Fsp3) is 0.933. The normalized spacial score (nSPS) is 28.2. The summed E-state index contributed by atoms with van der Waals surface area (Å²) in [6, 6.07) is 0. The van der Waals surface area contributed by atoms with Gasteiger partial charge in [-0.1, -0.05) is 38.5 Å². The summed E-state index contributed by atoms with van der Waals surface area (Å²) in [6.45, 7) is 1.52. The number of Topliss-reactive ketones (excluding diaryl/α,β-unsaturated/α-hetero) is 1. The van der Waals surface area contributed by atoms with E-state index >= 15 is 0 Å². The molecular formula is C15H27NO4. The third-order valence-corrected chi connectivity index (χ3v) is 4.25. The first-order chi connectivity index (χ1) is 9.49. The number of carbonyl (C=O) groups is 1. The second-order valence-electron chi connectivity index (χ2n) is 6.09. The zero-order valence-electron chi connectivity index (χ0n) is 12.5. The lowest BCUT2D eigenvalue weighted by atomic mass is 9.81. The van der Waals surface area contributed by atoms with Gasteiger partial charge in [-0.15, -0.1) is 0 Å². The number of aliphatic hydroxyl groups excluding tert-OH is 1. The maximum absolute atomic E-state index is 12.4. The van der Waals surface area contributed by atoms with Gasteiger partial charge in [-0.05, 0) is 19.8 Å². The minimum absolute atomic E-state index is 0.0567. The maximum Gasteiger partial charge on any atom is 0.281 e. The van der Waals surface area contributed by atoms with E-state index in [1.54, 1.807) is 0 Å². The Kier molecular flexibility index (Phi) is 7.13. The van der Waals surface area contributed by atoms with Crippen molar-refractivity contribution in [1.82, 2.24) is 0 Å². The van der Waals surface area contributed by atoms with Crippen molar-refractivity contribution >= 4 is 5.78 Å². The molecule has 1 rings (SSSR count). The van der Waals surface area contributed by atoms with Crippen LogP contribution in [0.15, 0.2) is 0 Å². The van der Waals surface area contributed by atoms with Crippen LogP contribution in [-0.4, -0.2) is 27.5 Å². The molecule has 2 unspecified atom stereocenters. The molecule has 0 saturated heterocycles. The molecular weight excluding hydrogens is 258 g/mol. The van der Waals surface area contributed by atoms with Crippen LogP contribution in [0.1, 0.15) is 77.6 Å². The standard InChI is InChI=1S/C15H27NO4/c1-13(17)12-15(16(19)20)11-9-7-5-3-2-4-6-8-10-14(15)18/h13,17H,2-12H2,1H3. The van der Waals surface area contributed by atoms with Crippen LogP contribution in [0.5, 0.6) is 0 Å². The molecule has 2 atom stereocenters. The first kappa shape index (κ1) is 17.1. The molecule has 5 heteroatoms. The number of hydrogen-bond acceptors (Lipinski definition) is 4. The molecule has 116 valence electrons. The molecule has 0 aromatic carbocycles. The fourth-order valence-corrected chi connectivity index (χ4v) is 3.11. The Balaban J connectivity index is 2.85. The lowest BCUT2D eigenvalue weighted by molar-refractivity contribution is -0.556. The van der Waals surface area contributed by atoms with Crippen LogP contribution in [0.4, 0.5) is 0 Å². The number of nitrogens with zero attached hydrogens (tertiary/aromatic N) is 1. The highest BCUT2D eigenvalue weighted by Gasteiger charge is 2.49. The first-order valence-corrected chi connectivity index (χ1v) is 7.85. The Morgan fingerprint density at radius 3 is 2.15 bits per heavy atom. The van der Waals surface area contributed by atoms with Crippen molar-refractivity contribution in [3.8, 4) is 0 Å². The van der Waals surface area contributed by atoms with E-state index in [9.17, 15) is 20.0 Å². The molecule has 0 bridgehead atoms. The van der Waals surface area contributed by atoms with Gasteiger partial charge in [0.05, 0.1) is 12.5 Å². The SMILES string of the molecule is CC(O)CC1([N+](=O)[O-])CCCCCCCCCCC1=O. The molecule has 0 radical (unpaired) electrons. The number of hydrogen-bond donors (Lipinski definition) is 1. The zero-order chi connectivity index (χ0) is 15.0. The Labute approximate surface area is 120 Å². The summed E-state index contributed by atoms with van der Waals surface area (Å²) in [5.74, 6) is -0.288. The highest BCUT2D eigenvalue weighted by Crippen LogP contribution is 2.29. The largest absolute Gasteiger partial charge is 0.393 e. The van der Waals surface area contributed by atoms with Gasteiger partial charge >= 0.3 is 0 Å². The van der Waals surface area contributed by atoms with Crippen molar-refractivity contribution in [1.29, 1.82) is 0 Å². The smallest absolute Gasteiger partial charge is 0.281 e. The van der Waals surface area contributed by atoms with Gasteiger partial charge in [-0.3, -0.25) is 14.9 Å². The average molecular weight is 285 g/mol. The third kappa shape index (κ3) is 4.85. The van der Waals surface area contributed by atoms with Crippen molar-refractivity contribution in [2.75, 3.05) is 0 Å². The van der Waals surface area contributed by atoms with Crippen LogP contribution in [0.3, 0.4) is 0 Å². The van der Waals surface area contributed by atoms with Crippen molar-refractivity contribution in [3.05, 3.63) is 10.1 Å². The van der Waals surface area contributed by atoms with Crippen LogP contribution in [-0.2, 0) is 4.79 Å². The average Bonchev–Trinajstić information content (AvgIpc) is 2.36. The van der Waals surface area contributed by atoms with E-state index in [0.717, 1.165) is 32.1 Å². The lowest BCUT2D eigenvalue weighted by Crippen LogP contribution is -2.48. The number of carbonyl (C=O) groups excluding carboxylic acids is 1. The Morgan fingerprint density at radius 2 is 1.65 bits per heavy atom. The van der Waals surface area contributed by atoms with Crippen molar-refractivity contribution < 1.29 is 14.8 Å². The van der Waals surface area contributed by atoms with Gasteiger partial charge in [-0.2, -0.15) is 0 Å². The highest BCUT2D eigenvalue weighted by molar-refractivity contribution is 5.87. The molecule has 0 amide bonds. The predicted octanol–water partition coefficient (Wildman–Crippen LogP) is 3.26. The van der Waals surface area contributed by atoms with Gasteiger partial charge in [0.25, 0.3) is 5.54 Å². The fourth-order valence-electron chi connectivity index (χ4n) is 3.11. The summed E-state index contributed by atoms with van der Waals surface area (Å²) in [4.78, 5) is 23.5. The van der Waals surface area contributed by atoms with Crippen LogP contribution >= 0.6 is 0 Å². The van der Waals surface area contributed by atoms with Gasteiger partial charge < -0.3 is 5.11 Å². The summed E-state index contributed by atoms with van der Waals surface area (Å²) in [7, 11) is 0. The monoisotopic (exact) mass is 285 g/mol. The molecule has 1 aliphatic carbocycles. The third-order valence-electron chi connectivity index (χ3n) is 4.25. The van der Waals surface area contributed by atoms with E-state index in [0.29, 0.717) is 6.42 Å². The lowest BCUT2D eigenvalue weighted by Gasteiger charge is -2.25. The topological polar surface area (TPSA) is 80.4 Å². The van der Waals surface area contributed by atoms with Gasteiger partial charge in [-0.25, -0.2) is 0 Å². The first-order valence-electron chi connectivity index (χ1n) is 7.85. The molecule has 1 fully saturated rings. The van der Waals surface area contributed by atoms with E-state index in [1.165, 1.54) is 19.8 Å². The Hall–Kier alpha value is -0.970. The van der Waals surface area contributed by atoms with E-state index in [2.05, 4.69) is 0 Å². The molecule has 5 nitrogen and oxygen atoms in total. The van der Waals surface area contributed by atoms with Crippen LogP contribution in [0.25, 0.3) is 0 Å². The van der Waals surface area contributed by atoms with Crippen molar-refractivity contribution in [3.63, 3.8) is 0 Å². The molecule has 1 aliphatic rings. The minimum atomic E-state index is -1.56. The number of nitro groups is 1. The summed E-state index contributed by atoms with van der Waals surface area (Å²) in [5.41, 5.74) is -1.56. The quantitative estimate of drug-likeness (QED) is 0.637. The molecule has 1 N–H and O–H groups in total. The number of rotatable bonds is 3. The molecule has 20 heavy (non-hydrogen) atoms. The molecule has 1 saturated carbocycles. The summed E-state index contributed by atoms with van der Waals surface area (Å²) < 4.78 is 0.